The van der Waals surface area contributed by atoms with E-state index in [0.717, 1.165) is 4.90 Å². The molecule has 0 radical (unpaired) electrons. The first-order valence-electron chi connectivity index (χ1n) is 9.38. The number of para-hydroxylation sites is 1. The maximum Gasteiger partial charge on any atom is 0.296 e. The molecule has 31 heavy (non-hydrogen) atoms. The summed E-state index contributed by atoms with van der Waals surface area (Å²) in [5, 5.41) is 14.3. The fourth-order valence-electron chi connectivity index (χ4n) is 4.09. The molecule has 9 heteroatoms. The minimum atomic E-state index is -1.87. The summed E-state index contributed by atoms with van der Waals surface area (Å²) in [6.45, 7) is -0.212. The molecule has 2 heterocycles. The van der Waals surface area contributed by atoms with Crippen LogP contribution >= 0.6 is 11.6 Å². The Morgan fingerprint density at radius 1 is 1.10 bits per heavy atom. The number of benzene rings is 2. The Hall–Kier alpha value is -3.20. The zero-order valence-electron chi connectivity index (χ0n) is 16.7. The molecule has 0 aliphatic carbocycles. The Morgan fingerprint density at radius 2 is 1.74 bits per heavy atom. The summed E-state index contributed by atoms with van der Waals surface area (Å²) in [6, 6.07) is 12.8. The number of halogens is 1. The van der Waals surface area contributed by atoms with Crippen LogP contribution in [0.25, 0.3) is 5.76 Å². The van der Waals surface area contributed by atoms with Gasteiger partial charge in [0.15, 0.2) is 11.8 Å². The zero-order chi connectivity index (χ0) is 22.3. The van der Waals surface area contributed by atoms with Gasteiger partial charge in [-0.2, -0.15) is 0 Å². The number of amides is 2. The minimum absolute atomic E-state index is 0.212. The van der Waals surface area contributed by atoms with Crippen LogP contribution in [0.2, 0.25) is 5.02 Å². The van der Waals surface area contributed by atoms with Gasteiger partial charge < -0.3 is 24.8 Å². The molecule has 0 saturated carbocycles. The molecule has 2 amide bonds. The summed E-state index contributed by atoms with van der Waals surface area (Å²) in [7, 11) is 2.77. The van der Waals surface area contributed by atoms with Gasteiger partial charge in [0.25, 0.3) is 17.6 Å². The standard InChI is InChI=1S/C22H19ClN2O6/c1-30-16(31-2)11-25-20(28)19(27)17(18(26)12-7-9-13(23)10-8-12)22(25)14-5-3-4-6-15(14)24-21(22)29/h3-10,16,26H,11H2,1-2H3,(H,24,29)/b18-17-. The van der Waals surface area contributed by atoms with Crippen LogP contribution < -0.4 is 5.32 Å². The fourth-order valence-corrected chi connectivity index (χ4v) is 4.21. The van der Waals surface area contributed by atoms with E-state index in [1.165, 1.54) is 38.5 Å². The van der Waals surface area contributed by atoms with Crippen molar-refractivity contribution in [3.63, 3.8) is 0 Å². The molecule has 0 bridgehead atoms. The quantitative estimate of drug-likeness (QED) is 0.319. The van der Waals surface area contributed by atoms with Gasteiger partial charge in [-0.15, -0.1) is 0 Å². The lowest BCUT2D eigenvalue weighted by atomic mass is 9.82. The van der Waals surface area contributed by atoms with Gasteiger partial charge in [0, 0.05) is 36.1 Å². The lowest BCUT2D eigenvalue weighted by molar-refractivity contribution is -0.155. The van der Waals surface area contributed by atoms with E-state index in [9.17, 15) is 19.5 Å². The third-order valence-electron chi connectivity index (χ3n) is 5.54. The molecule has 1 atom stereocenters. The van der Waals surface area contributed by atoms with Gasteiger partial charge in [0.2, 0.25) is 0 Å². The number of carbonyl (C=O) groups excluding carboxylic acids is 3. The number of aliphatic hydroxyl groups is 1. The number of hydrogen-bond acceptors (Lipinski definition) is 6. The van der Waals surface area contributed by atoms with Crippen LogP contribution in [0.1, 0.15) is 11.1 Å². The lowest BCUT2D eigenvalue weighted by Gasteiger charge is -2.35. The monoisotopic (exact) mass is 442 g/mol. The number of fused-ring (bicyclic) bond motifs is 2. The first-order chi connectivity index (χ1) is 14.9. The normalized spacial score (nSPS) is 21.8. The molecule has 2 aliphatic rings. The van der Waals surface area contributed by atoms with Crippen molar-refractivity contribution in [2.24, 2.45) is 0 Å². The van der Waals surface area contributed by atoms with Crippen LogP contribution in [0.3, 0.4) is 0 Å². The Balaban J connectivity index is 2.01. The highest BCUT2D eigenvalue weighted by Crippen LogP contribution is 2.51. The largest absolute Gasteiger partial charge is 0.507 e. The van der Waals surface area contributed by atoms with Crippen molar-refractivity contribution in [1.29, 1.82) is 0 Å². The maximum absolute atomic E-state index is 13.4. The number of anilines is 1. The van der Waals surface area contributed by atoms with Crippen LogP contribution in [0.15, 0.2) is 54.1 Å². The molecular formula is C22H19ClN2O6. The number of likely N-dealkylation sites (tertiary alicyclic amines) is 1. The van der Waals surface area contributed by atoms with Crippen molar-refractivity contribution in [3.05, 3.63) is 70.3 Å². The fraction of sp³-hybridized carbons (Fsp3) is 0.227. The number of hydrogen-bond donors (Lipinski definition) is 2. The molecule has 1 spiro atoms. The van der Waals surface area contributed by atoms with Crippen LogP contribution in [0, 0.1) is 0 Å². The first-order valence-corrected chi connectivity index (χ1v) is 9.76. The highest BCUT2D eigenvalue weighted by molar-refractivity contribution is 6.49. The summed E-state index contributed by atoms with van der Waals surface area (Å²) < 4.78 is 10.4. The summed E-state index contributed by atoms with van der Waals surface area (Å²) >= 11 is 5.93. The van der Waals surface area contributed by atoms with Crippen molar-refractivity contribution in [3.8, 4) is 0 Å². The number of nitrogens with one attached hydrogen (secondary N) is 1. The number of nitrogens with zero attached hydrogens (tertiary/aromatic N) is 1. The molecule has 1 saturated heterocycles. The zero-order valence-corrected chi connectivity index (χ0v) is 17.5. The van der Waals surface area contributed by atoms with Gasteiger partial charge in [-0.05, 0) is 30.3 Å². The summed E-state index contributed by atoms with van der Waals surface area (Å²) in [5.41, 5.74) is -1.14. The van der Waals surface area contributed by atoms with Crippen LogP contribution in [-0.4, -0.2) is 54.7 Å². The topological polar surface area (TPSA) is 105 Å². The first kappa shape index (κ1) is 21.0. The van der Waals surface area contributed by atoms with Crippen molar-refractivity contribution < 1.29 is 29.0 Å². The second kappa shape index (κ2) is 7.81. The highest BCUT2D eigenvalue weighted by Gasteiger charge is 2.65. The molecule has 4 rings (SSSR count). The molecular weight excluding hydrogens is 424 g/mol. The average Bonchev–Trinajstić information content (AvgIpc) is 3.18. The molecule has 1 fully saturated rings. The maximum atomic E-state index is 13.4. The van der Waals surface area contributed by atoms with Crippen molar-refractivity contribution in [1.82, 2.24) is 4.90 Å². The molecule has 2 N–H and O–H groups in total. The van der Waals surface area contributed by atoms with Crippen LogP contribution in [-0.2, 0) is 29.4 Å². The second-order valence-corrected chi connectivity index (χ2v) is 7.52. The number of rotatable bonds is 5. The average molecular weight is 443 g/mol. The Morgan fingerprint density at radius 3 is 2.39 bits per heavy atom. The summed E-state index contributed by atoms with van der Waals surface area (Å²) in [4.78, 5) is 40.8. The van der Waals surface area contributed by atoms with Gasteiger partial charge in [-0.25, -0.2) is 0 Å². The van der Waals surface area contributed by atoms with Gasteiger partial charge in [-0.3, -0.25) is 14.4 Å². The summed E-state index contributed by atoms with van der Waals surface area (Å²) in [5.74, 6) is -3.03. The molecule has 2 aliphatic heterocycles. The highest BCUT2D eigenvalue weighted by atomic mass is 35.5. The third-order valence-corrected chi connectivity index (χ3v) is 5.79. The van der Waals surface area contributed by atoms with Crippen molar-refractivity contribution >= 4 is 40.6 Å². The number of ketones is 1. The van der Waals surface area contributed by atoms with Crippen molar-refractivity contribution in [2.45, 2.75) is 11.8 Å². The van der Waals surface area contributed by atoms with E-state index in [4.69, 9.17) is 21.1 Å². The smallest absolute Gasteiger partial charge is 0.296 e. The number of aliphatic hydroxyl groups excluding tert-OH is 1. The lowest BCUT2D eigenvalue weighted by Crippen LogP contribution is -2.52. The van der Waals surface area contributed by atoms with Crippen LogP contribution in [0.4, 0.5) is 5.69 Å². The minimum Gasteiger partial charge on any atom is -0.507 e. The number of ether oxygens (including phenoxy) is 2. The Kier molecular flexibility index (Phi) is 5.30. The second-order valence-electron chi connectivity index (χ2n) is 7.09. The van der Waals surface area contributed by atoms with E-state index in [1.54, 1.807) is 24.3 Å². The predicted octanol–water partition coefficient (Wildman–Crippen LogP) is 2.49. The molecule has 1 unspecified atom stereocenters. The van der Waals surface area contributed by atoms with E-state index < -0.39 is 35.2 Å². The van der Waals surface area contributed by atoms with E-state index in [1.807, 2.05) is 0 Å². The number of Topliss-reactive ketones (excluding diaryl/α,β-unsaturated/α-hetero) is 1. The Bertz CT molecular complexity index is 1110. The van der Waals surface area contributed by atoms with E-state index in [2.05, 4.69) is 5.32 Å². The van der Waals surface area contributed by atoms with Gasteiger partial charge >= 0.3 is 0 Å². The van der Waals surface area contributed by atoms with E-state index in [0.29, 0.717) is 16.3 Å². The Labute approximate surface area is 183 Å². The third kappa shape index (κ3) is 3.03. The van der Waals surface area contributed by atoms with E-state index >= 15 is 0 Å². The van der Waals surface area contributed by atoms with Gasteiger partial charge in [0.1, 0.15) is 5.76 Å². The summed E-state index contributed by atoms with van der Waals surface area (Å²) in [6.07, 6.45) is -0.897. The predicted molar refractivity (Wildman–Crippen MR) is 112 cm³/mol. The molecule has 2 aromatic rings. The van der Waals surface area contributed by atoms with E-state index in [-0.39, 0.29) is 17.7 Å². The van der Waals surface area contributed by atoms with Gasteiger partial charge in [0.05, 0.1) is 12.1 Å². The molecule has 8 nitrogen and oxygen atoms in total. The molecule has 160 valence electrons. The molecule has 2 aromatic carbocycles. The number of carbonyl (C=O) groups is 3. The molecule has 0 aromatic heterocycles. The van der Waals surface area contributed by atoms with Crippen molar-refractivity contribution in [2.75, 3.05) is 26.1 Å². The van der Waals surface area contributed by atoms with Gasteiger partial charge in [-0.1, -0.05) is 29.8 Å². The van der Waals surface area contributed by atoms with Crippen LogP contribution in [0.5, 0.6) is 0 Å². The SMILES string of the molecule is COC(CN1C(=O)C(=O)/C(=C(/O)c2ccc(Cl)cc2)C12C(=O)Nc1ccccc12)OC. The number of methoxy groups -OCH3 is 2.